The fraction of sp³-hybridized carbons (Fsp3) is 0.125. The summed E-state index contributed by atoms with van der Waals surface area (Å²) in [6, 6.07) is 12.8. The first kappa shape index (κ1) is 16.3. The summed E-state index contributed by atoms with van der Waals surface area (Å²) in [4.78, 5) is 18.9. The first-order valence-electron chi connectivity index (χ1n) is 6.52. The maximum atomic E-state index is 11.2. The number of alkyl halides is 1. The molecular formula is C16H14Cl2N2O2. The third-order valence-electron chi connectivity index (χ3n) is 3.36. The Morgan fingerprint density at radius 2 is 2.00 bits per heavy atom. The SMILES string of the molecule is Cl.O=C(O)c1ccccc1Cc1nc2ccc(CCl)cc2[nH]1. The van der Waals surface area contributed by atoms with E-state index in [1.165, 1.54) is 0 Å². The summed E-state index contributed by atoms with van der Waals surface area (Å²) in [5.74, 6) is 0.267. The van der Waals surface area contributed by atoms with Gasteiger partial charge >= 0.3 is 5.97 Å². The Hall–Kier alpha value is -2.04. The number of nitrogens with zero attached hydrogens (tertiary/aromatic N) is 1. The maximum absolute atomic E-state index is 11.2. The van der Waals surface area contributed by atoms with E-state index < -0.39 is 5.97 Å². The van der Waals surface area contributed by atoms with Crippen LogP contribution in [0.3, 0.4) is 0 Å². The van der Waals surface area contributed by atoms with Crippen molar-refractivity contribution >= 4 is 41.0 Å². The molecule has 0 radical (unpaired) electrons. The van der Waals surface area contributed by atoms with Gasteiger partial charge in [0.25, 0.3) is 0 Å². The van der Waals surface area contributed by atoms with Crippen molar-refractivity contribution in [3.05, 3.63) is 65.0 Å². The second-order valence-corrected chi connectivity index (χ2v) is 5.07. The number of rotatable bonds is 4. The third-order valence-corrected chi connectivity index (χ3v) is 3.66. The highest BCUT2D eigenvalue weighted by atomic mass is 35.5. The lowest BCUT2D eigenvalue weighted by molar-refractivity contribution is 0.0696. The van der Waals surface area contributed by atoms with Gasteiger partial charge in [0.1, 0.15) is 5.82 Å². The number of aromatic nitrogens is 2. The molecule has 4 nitrogen and oxygen atoms in total. The van der Waals surface area contributed by atoms with E-state index in [2.05, 4.69) is 9.97 Å². The highest BCUT2D eigenvalue weighted by Gasteiger charge is 2.11. The lowest BCUT2D eigenvalue weighted by atomic mass is 10.0. The molecule has 6 heteroatoms. The van der Waals surface area contributed by atoms with Crippen molar-refractivity contribution in [1.82, 2.24) is 9.97 Å². The molecule has 0 saturated carbocycles. The molecule has 0 amide bonds. The van der Waals surface area contributed by atoms with Crippen LogP contribution in [-0.2, 0) is 12.3 Å². The first-order valence-corrected chi connectivity index (χ1v) is 7.05. The number of aromatic carboxylic acids is 1. The zero-order valence-corrected chi connectivity index (χ0v) is 13.1. The maximum Gasteiger partial charge on any atom is 0.335 e. The normalized spacial score (nSPS) is 10.4. The van der Waals surface area contributed by atoms with Gasteiger partial charge in [-0.05, 0) is 29.3 Å². The molecule has 22 heavy (non-hydrogen) atoms. The highest BCUT2D eigenvalue weighted by Crippen LogP contribution is 2.18. The Labute approximate surface area is 138 Å². The molecule has 0 bridgehead atoms. The second kappa shape index (κ2) is 6.81. The molecule has 3 aromatic rings. The summed E-state index contributed by atoms with van der Waals surface area (Å²) in [6.07, 6.45) is 0.452. The molecule has 0 saturated heterocycles. The first-order chi connectivity index (χ1) is 10.2. The van der Waals surface area contributed by atoms with Crippen molar-refractivity contribution in [3.8, 4) is 0 Å². The van der Waals surface area contributed by atoms with Crippen LogP contribution in [0.1, 0.15) is 27.3 Å². The van der Waals surface area contributed by atoms with E-state index in [9.17, 15) is 9.90 Å². The lowest BCUT2D eigenvalue weighted by Gasteiger charge is -2.03. The summed E-state index contributed by atoms with van der Waals surface area (Å²) < 4.78 is 0. The van der Waals surface area contributed by atoms with Crippen LogP contribution in [0, 0.1) is 0 Å². The number of hydrogen-bond donors (Lipinski definition) is 2. The number of carboxylic acids is 1. The van der Waals surface area contributed by atoms with Gasteiger partial charge < -0.3 is 10.1 Å². The zero-order valence-electron chi connectivity index (χ0n) is 11.5. The van der Waals surface area contributed by atoms with Gasteiger partial charge in [-0.2, -0.15) is 0 Å². The predicted molar refractivity (Wildman–Crippen MR) is 89.1 cm³/mol. The fourth-order valence-corrected chi connectivity index (χ4v) is 2.51. The van der Waals surface area contributed by atoms with Gasteiger partial charge in [-0.1, -0.05) is 24.3 Å². The molecule has 0 fully saturated rings. The van der Waals surface area contributed by atoms with Gasteiger partial charge in [-0.15, -0.1) is 24.0 Å². The fourth-order valence-electron chi connectivity index (χ4n) is 2.34. The Bertz CT molecular complexity index is 815. The van der Waals surface area contributed by atoms with Crippen LogP contribution in [0.4, 0.5) is 0 Å². The quantitative estimate of drug-likeness (QED) is 0.707. The number of nitrogens with one attached hydrogen (secondary N) is 1. The van der Waals surface area contributed by atoms with Crippen molar-refractivity contribution in [2.24, 2.45) is 0 Å². The lowest BCUT2D eigenvalue weighted by Crippen LogP contribution is -2.03. The van der Waals surface area contributed by atoms with Crippen LogP contribution in [0.5, 0.6) is 0 Å². The number of hydrogen-bond acceptors (Lipinski definition) is 2. The van der Waals surface area contributed by atoms with E-state index in [1.807, 2.05) is 24.3 Å². The van der Waals surface area contributed by atoms with Gasteiger partial charge in [0.05, 0.1) is 16.6 Å². The highest BCUT2D eigenvalue weighted by molar-refractivity contribution is 6.17. The topological polar surface area (TPSA) is 66.0 Å². The molecule has 0 unspecified atom stereocenters. The number of carboxylic acid groups (broad SMARTS) is 1. The van der Waals surface area contributed by atoms with Gasteiger partial charge in [0.2, 0.25) is 0 Å². The van der Waals surface area contributed by atoms with Crippen molar-refractivity contribution < 1.29 is 9.90 Å². The number of benzene rings is 2. The summed E-state index contributed by atoms with van der Waals surface area (Å²) in [7, 11) is 0. The van der Waals surface area contributed by atoms with E-state index in [-0.39, 0.29) is 12.4 Å². The molecule has 114 valence electrons. The van der Waals surface area contributed by atoms with E-state index in [4.69, 9.17) is 11.6 Å². The molecule has 1 heterocycles. The Morgan fingerprint density at radius 1 is 1.23 bits per heavy atom. The molecule has 1 aromatic heterocycles. The number of aromatic amines is 1. The van der Waals surface area contributed by atoms with Crippen LogP contribution in [-0.4, -0.2) is 21.0 Å². The van der Waals surface area contributed by atoms with Crippen molar-refractivity contribution in [2.45, 2.75) is 12.3 Å². The third kappa shape index (κ3) is 3.24. The number of H-pyrrole nitrogens is 1. The molecule has 0 aliphatic heterocycles. The molecule has 0 aliphatic rings. The Morgan fingerprint density at radius 3 is 2.73 bits per heavy atom. The van der Waals surface area contributed by atoms with Gasteiger partial charge in [0, 0.05) is 12.3 Å². The smallest absolute Gasteiger partial charge is 0.335 e. The summed E-state index contributed by atoms with van der Waals surface area (Å²) >= 11 is 5.82. The molecule has 3 rings (SSSR count). The van der Waals surface area contributed by atoms with Gasteiger partial charge in [0.15, 0.2) is 0 Å². The van der Waals surface area contributed by atoms with E-state index in [1.54, 1.807) is 18.2 Å². The Kier molecular flexibility index (Phi) is 5.06. The number of imidazole rings is 1. The van der Waals surface area contributed by atoms with Crippen molar-refractivity contribution in [2.75, 3.05) is 0 Å². The Balaban J connectivity index is 0.00000176. The van der Waals surface area contributed by atoms with E-state index in [0.29, 0.717) is 17.9 Å². The average molecular weight is 337 g/mol. The molecule has 2 aromatic carbocycles. The molecular weight excluding hydrogens is 323 g/mol. The average Bonchev–Trinajstić information content (AvgIpc) is 2.88. The molecule has 0 aliphatic carbocycles. The van der Waals surface area contributed by atoms with E-state index in [0.717, 1.165) is 28.0 Å². The largest absolute Gasteiger partial charge is 0.478 e. The predicted octanol–water partition coefficient (Wildman–Crippen LogP) is 4.01. The monoisotopic (exact) mass is 336 g/mol. The minimum absolute atomic E-state index is 0. The van der Waals surface area contributed by atoms with Crippen LogP contribution < -0.4 is 0 Å². The van der Waals surface area contributed by atoms with Gasteiger partial charge in [-0.3, -0.25) is 0 Å². The molecule has 0 atom stereocenters. The second-order valence-electron chi connectivity index (χ2n) is 4.81. The standard InChI is InChI=1S/C16H13ClN2O2.ClH/c17-9-10-5-6-13-14(7-10)19-15(18-13)8-11-3-1-2-4-12(11)16(20)21;/h1-7H,8-9H2,(H,18,19)(H,20,21);1H. The van der Waals surface area contributed by atoms with Crippen molar-refractivity contribution in [3.63, 3.8) is 0 Å². The zero-order chi connectivity index (χ0) is 14.8. The number of halogens is 2. The van der Waals surface area contributed by atoms with Crippen LogP contribution in [0.2, 0.25) is 0 Å². The number of fused-ring (bicyclic) bond motifs is 1. The van der Waals surface area contributed by atoms with Crippen LogP contribution >= 0.6 is 24.0 Å². The van der Waals surface area contributed by atoms with Crippen LogP contribution in [0.15, 0.2) is 42.5 Å². The minimum Gasteiger partial charge on any atom is -0.478 e. The molecule has 0 spiro atoms. The van der Waals surface area contributed by atoms with E-state index >= 15 is 0 Å². The summed E-state index contributed by atoms with van der Waals surface area (Å²) in [5, 5.41) is 9.21. The summed E-state index contributed by atoms with van der Waals surface area (Å²) in [5.41, 5.74) is 3.83. The minimum atomic E-state index is -0.925. The van der Waals surface area contributed by atoms with Gasteiger partial charge in [-0.25, -0.2) is 9.78 Å². The number of carbonyl (C=O) groups is 1. The molecule has 2 N–H and O–H groups in total. The summed E-state index contributed by atoms with van der Waals surface area (Å²) in [6.45, 7) is 0. The van der Waals surface area contributed by atoms with Crippen molar-refractivity contribution in [1.29, 1.82) is 0 Å². The van der Waals surface area contributed by atoms with Crippen LogP contribution in [0.25, 0.3) is 11.0 Å².